The first-order valence-electron chi connectivity index (χ1n) is 7.35. The van der Waals surface area contributed by atoms with E-state index in [0.29, 0.717) is 23.6 Å². The average Bonchev–Trinajstić information content (AvgIpc) is 2.46. The Morgan fingerprint density at radius 2 is 1.76 bits per heavy atom. The molecule has 2 rings (SSSR count). The Labute approximate surface area is 126 Å². The lowest BCUT2D eigenvalue weighted by molar-refractivity contribution is 0.682. The second-order valence-electron chi connectivity index (χ2n) is 5.84. The first kappa shape index (κ1) is 15.2. The lowest BCUT2D eigenvalue weighted by Gasteiger charge is -2.10. The van der Waals surface area contributed by atoms with Crippen LogP contribution in [0.15, 0.2) is 30.5 Å². The molecule has 0 spiro atoms. The summed E-state index contributed by atoms with van der Waals surface area (Å²) in [5.41, 5.74) is 2.32. The maximum atomic E-state index is 4.40. The van der Waals surface area contributed by atoms with E-state index in [-0.39, 0.29) is 0 Å². The standard InChI is InChI=1S/C16H23N5/c1-11(2)9-17-16-20-15(10-18-21-16)19-14-7-5-13(6-8-14)12(3)4/h5-8,10-12H,9H2,1-4H3,(H2,17,19,20,21). The molecule has 1 aromatic heterocycles. The van der Waals surface area contributed by atoms with E-state index in [1.807, 2.05) is 0 Å². The number of anilines is 3. The Balaban J connectivity index is 2.03. The smallest absolute Gasteiger partial charge is 0.244 e. The van der Waals surface area contributed by atoms with Crippen LogP contribution in [0.3, 0.4) is 0 Å². The van der Waals surface area contributed by atoms with Gasteiger partial charge in [0.15, 0.2) is 5.82 Å². The van der Waals surface area contributed by atoms with E-state index in [0.717, 1.165) is 12.2 Å². The van der Waals surface area contributed by atoms with E-state index in [1.54, 1.807) is 6.20 Å². The second kappa shape index (κ2) is 7.02. The molecule has 21 heavy (non-hydrogen) atoms. The molecule has 0 radical (unpaired) electrons. The van der Waals surface area contributed by atoms with E-state index >= 15 is 0 Å². The fraction of sp³-hybridized carbons (Fsp3) is 0.438. The van der Waals surface area contributed by atoms with Crippen LogP contribution in [0.5, 0.6) is 0 Å². The predicted octanol–water partition coefficient (Wildman–Crippen LogP) is 3.81. The van der Waals surface area contributed by atoms with Crippen molar-refractivity contribution in [1.29, 1.82) is 0 Å². The summed E-state index contributed by atoms with van der Waals surface area (Å²) in [6, 6.07) is 8.36. The summed E-state index contributed by atoms with van der Waals surface area (Å²) in [6.07, 6.45) is 1.62. The fourth-order valence-corrected chi connectivity index (χ4v) is 1.83. The zero-order valence-electron chi connectivity index (χ0n) is 13.1. The van der Waals surface area contributed by atoms with Gasteiger partial charge in [0, 0.05) is 12.2 Å². The number of nitrogens with zero attached hydrogens (tertiary/aromatic N) is 3. The summed E-state index contributed by atoms with van der Waals surface area (Å²) in [4.78, 5) is 4.40. The Bertz CT molecular complexity index is 563. The highest BCUT2D eigenvalue weighted by Gasteiger charge is 2.03. The number of benzene rings is 1. The van der Waals surface area contributed by atoms with Crippen LogP contribution in [0.4, 0.5) is 17.5 Å². The van der Waals surface area contributed by atoms with Gasteiger partial charge in [-0.3, -0.25) is 0 Å². The lowest BCUT2D eigenvalue weighted by atomic mass is 10.0. The highest BCUT2D eigenvalue weighted by Crippen LogP contribution is 2.19. The van der Waals surface area contributed by atoms with Crippen LogP contribution in [-0.2, 0) is 0 Å². The van der Waals surface area contributed by atoms with Crippen molar-refractivity contribution in [2.24, 2.45) is 5.92 Å². The molecule has 2 aromatic rings. The molecule has 1 heterocycles. The van der Waals surface area contributed by atoms with Crippen molar-refractivity contribution in [1.82, 2.24) is 15.2 Å². The number of aromatic nitrogens is 3. The molecule has 5 nitrogen and oxygen atoms in total. The third-order valence-corrected chi connectivity index (χ3v) is 3.08. The number of nitrogens with one attached hydrogen (secondary N) is 2. The molecule has 0 fully saturated rings. The van der Waals surface area contributed by atoms with Gasteiger partial charge in [0.2, 0.25) is 5.95 Å². The molecule has 0 amide bonds. The second-order valence-corrected chi connectivity index (χ2v) is 5.84. The summed E-state index contributed by atoms with van der Waals surface area (Å²) in [5.74, 6) is 2.31. The molecular weight excluding hydrogens is 262 g/mol. The third kappa shape index (κ3) is 4.70. The number of hydrogen-bond donors (Lipinski definition) is 2. The Morgan fingerprint density at radius 3 is 2.38 bits per heavy atom. The maximum absolute atomic E-state index is 4.40. The molecular formula is C16H23N5. The van der Waals surface area contributed by atoms with Crippen molar-refractivity contribution in [3.8, 4) is 0 Å². The number of hydrogen-bond acceptors (Lipinski definition) is 5. The zero-order valence-corrected chi connectivity index (χ0v) is 13.1. The van der Waals surface area contributed by atoms with Crippen molar-refractivity contribution >= 4 is 17.5 Å². The molecule has 0 saturated carbocycles. The van der Waals surface area contributed by atoms with Crippen LogP contribution in [0.1, 0.15) is 39.2 Å². The van der Waals surface area contributed by atoms with E-state index in [4.69, 9.17) is 0 Å². The predicted molar refractivity (Wildman–Crippen MR) is 87.0 cm³/mol. The van der Waals surface area contributed by atoms with Crippen LogP contribution >= 0.6 is 0 Å². The van der Waals surface area contributed by atoms with Crippen molar-refractivity contribution in [3.05, 3.63) is 36.0 Å². The fourth-order valence-electron chi connectivity index (χ4n) is 1.83. The van der Waals surface area contributed by atoms with E-state index in [2.05, 4.69) is 77.8 Å². The lowest BCUT2D eigenvalue weighted by Crippen LogP contribution is -2.11. The Kier molecular flexibility index (Phi) is 5.09. The topological polar surface area (TPSA) is 62.7 Å². The normalized spacial score (nSPS) is 11.0. The molecule has 5 heteroatoms. The maximum Gasteiger partial charge on any atom is 0.244 e. The van der Waals surface area contributed by atoms with Gasteiger partial charge < -0.3 is 10.6 Å². The van der Waals surface area contributed by atoms with Gasteiger partial charge in [0.1, 0.15) is 0 Å². The molecule has 0 aliphatic rings. The molecule has 1 aromatic carbocycles. The van der Waals surface area contributed by atoms with Crippen LogP contribution in [-0.4, -0.2) is 21.7 Å². The molecule has 0 saturated heterocycles. The Hall–Kier alpha value is -2.17. The van der Waals surface area contributed by atoms with Crippen LogP contribution in [0, 0.1) is 5.92 Å². The van der Waals surface area contributed by atoms with Crippen molar-refractivity contribution in [3.63, 3.8) is 0 Å². The molecule has 0 unspecified atom stereocenters. The third-order valence-electron chi connectivity index (χ3n) is 3.08. The van der Waals surface area contributed by atoms with E-state index < -0.39 is 0 Å². The molecule has 112 valence electrons. The molecule has 0 aliphatic heterocycles. The van der Waals surface area contributed by atoms with Crippen LogP contribution in [0.25, 0.3) is 0 Å². The monoisotopic (exact) mass is 285 g/mol. The zero-order chi connectivity index (χ0) is 15.2. The van der Waals surface area contributed by atoms with E-state index in [9.17, 15) is 0 Å². The highest BCUT2D eigenvalue weighted by molar-refractivity contribution is 5.56. The van der Waals surface area contributed by atoms with Gasteiger partial charge in [0.05, 0.1) is 6.20 Å². The van der Waals surface area contributed by atoms with Crippen molar-refractivity contribution in [2.45, 2.75) is 33.6 Å². The van der Waals surface area contributed by atoms with Crippen molar-refractivity contribution < 1.29 is 0 Å². The van der Waals surface area contributed by atoms with Crippen LogP contribution < -0.4 is 10.6 Å². The van der Waals surface area contributed by atoms with E-state index in [1.165, 1.54) is 5.56 Å². The first-order valence-corrected chi connectivity index (χ1v) is 7.35. The quantitative estimate of drug-likeness (QED) is 0.845. The van der Waals surface area contributed by atoms with Gasteiger partial charge in [-0.05, 0) is 29.5 Å². The van der Waals surface area contributed by atoms with Gasteiger partial charge in [-0.2, -0.15) is 10.1 Å². The minimum atomic E-state index is 0.534. The van der Waals surface area contributed by atoms with Gasteiger partial charge in [-0.25, -0.2) is 0 Å². The SMILES string of the molecule is CC(C)CNc1nncc(Nc2ccc(C(C)C)cc2)n1. The summed E-state index contributed by atoms with van der Waals surface area (Å²) in [7, 11) is 0. The number of rotatable bonds is 6. The Morgan fingerprint density at radius 1 is 1.05 bits per heavy atom. The van der Waals surface area contributed by atoms with Gasteiger partial charge in [-0.1, -0.05) is 39.8 Å². The first-order chi connectivity index (χ1) is 10.0. The summed E-state index contributed by atoms with van der Waals surface area (Å²) in [6.45, 7) is 9.47. The summed E-state index contributed by atoms with van der Waals surface area (Å²) >= 11 is 0. The molecule has 0 bridgehead atoms. The molecule has 0 aliphatic carbocycles. The summed E-state index contributed by atoms with van der Waals surface area (Å²) in [5, 5.41) is 14.4. The molecule has 2 N–H and O–H groups in total. The highest BCUT2D eigenvalue weighted by atomic mass is 15.3. The van der Waals surface area contributed by atoms with Gasteiger partial charge >= 0.3 is 0 Å². The largest absolute Gasteiger partial charge is 0.353 e. The van der Waals surface area contributed by atoms with Gasteiger partial charge in [0.25, 0.3) is 0 Å². The minimum Gasteiger partial charge on any atom is -0.353 e. The molecule has 0 atom stereocenters. The van der Waals surface area contributed by atoms with Gasteiger partial charge in [-0.15, -0.1) is 5.10 Å². The average molecular weight is 285 g/mol. The van der Waals surface area contributed by atoms with Crippen molar-refractivity contribution in [2.75, 3.05) is 17.2 Å². The summed E-state index contributed by atoms with van der Waals surface area (Å²) < 4.78 is 0. The van der Waals surface area contributed by atoms with Crippen LogP contribution in [0.2, 0.25) is 0 Å². The minimum absolute atomic E-state index is 0.534.